The van der Waals surface area contributed by atoms with Crippen LogP contribution in [0.15, 0.2) is 6.07 Å². The van der Waals surface area contributed by atoms with Crippen molar-refractivity contribution in [3.63, 3.8) is 0 Å². The first-order valence-corrected chi connectivity index (χ1v) is 8.83. The Morgan fingerprint density at radius 3 is 2.53 bits per heavy atom. The van der Waals surface area contributed by atoms with E-state index < -0.39 is 15.1 Å². The number of ether oxygens (including phenoxy) is 1. The summed E-state index contributed by atoms with van der Waals surface area (Å²) in [5, 5.41) is -0.426. The molecule has 6 heteroatoms. The van der Waals surface area contributed by atoms with Crippen LogP contribution in [-0.4, -0.2) is 38.4 Å². The molecule has 0 saturated carbocycles. The zero-order valence-electron chi connectivity index (χ0n) is 11.1. The first-order chi connectivity index (χ1) is 8.90. The summed E-state index contributed by atoms with van der Waals surface area (Å²) in [5.41, 5.74) is 0.554. The van der Waals surface area contributed by atoms with Crippen molar-refractivity contribution in [1.82, 2.24) is 0 Å². The Bertz CT molecular complexity index is 565. The molecule has 0 bridgehead atoms. The fourth-order valence-electron chi connectivity index (χ4n) is 2.32. The fourth-order valence-corrected chi connectivity index (χ4v) is 4.93. The Morgan fingerprint density at radius 2 is 2.00 bits per heavy atom. The second kappa shape index (κ2) is 5.73. The van der Waals surface area contributed by atoms with Crippen molar-refractivity contribution in [3.05, 3.63) is 21.4 Å². The topological polar surface area (TPSA) is 60.4 Å². The van der Waals surface area contributed by atoms with Crippen molar-refractivity contribution < 1.29 is 17.9 Å². The van der Waals surface area contributed by atoms with Gasteiger partial charge in [0.15, 0.2) is 15.6 Å². The number of hydrogen-bond acceptors (Lipinski definition) is 5. The highest BCUT2D eigenvalue weighted by atomic mass is 32.2. The summed E-state index contributed by atoms with van der Waals surface area (Å²) >= 11 is 1.52. The first-order valence-electron chi connectivity index (χ1n) is 6.29. The van der Waals surface area contributed by atoms with E-state index in [1.165, 1.54) is 11.3 Å². The molecule has 0 radical (unpaired) electrons. The molecule has 0 amide bonds. The van der Waals surface area contributed by atoms with Gasteiger partial charge in [-0.3, -0.25) is 4.79 Å². The van der Waals surface area contributed by atoms with Gasteiger partial charge in [-0.2, -0.15) is 0 Å². The minimum Gasteiger partial charge on any atom is -0.381 e. The Morgan fingerprint density at radius 1 is 1.37 bits per heavy atom. The third-order valence-electron chi connectivity index (χ3n) is 3.35. The number of rotatable bonds is 4. The molecular formula is C13H18O4S2. The summed E-state index contributed by atoms with van der Waals surface area (Å²) < 4.78 is 29.6. The second-order valence-electron chi connectivity index (χ2n) is 4.87. The van der Waals surface area contributed by atoms with Crippen LogP contribution in [0.4, 0.5) is 0 Å². The number of sulfone groups is 1. The third kappa shape index (κ3) is 3.43. The summed E-state index contributed by atoms with van der Waals surface area (Å²) in [7, 11) is -3.36. The standard InChI is InChI=1S/C13H18O4S2/c1-9-7-12(10(2)18-9)13(14)8-19(15,16)11-3-5-17-6-4-11/h7,11H,3-6,8H2,1-2H3. The van der Waals surface area contributed by atoms with Gasteiger partial charge in [0, 0.05) is 28.5 Å². The monoisotopic (exact) mass is 302 g/mol. The van der Waals surface area contributed by atoms with Crippen molar-refractivity contribution in [2.45, 2.75) is 31.9 Å². The summed E-state index contributed by atoms with van der Waals surface area (Å²) in [6.07, 6.45) is 0.995. The zero-order valence-corrected chi connectivity index (χ0v) is 12.8. The van der Waals surface area contributed by atoms with Crippen molar-refractivity contribution in [2.75, 3.05) is 19.0 Å². The molecule has 1 aliphatic heterocycles. The SMILES string of the molecule is Cc1cc(C(=O)CS(=O)(=O)C2CCOCC2)c(C)s1. The molecule has 0 N–H and O–H groups in total. The van der Waals surface area contributed by atoms with Crippen LogP contribution in [0.3, 0.4) is 0 Å². The number of Topliss-reactive ketones (excluding diaryl/α,β-unsaturated/α-hetero) is 1. The van der Waals surface area contributed by atoms with Gasteiger partial charge in [0.05, 0.1) is 5.25 Å². The van der Waals surface area contributed by atoms with E-state index in [1.54, 1.807) is 6.07 Å². The number of aryl methyl sites for hydroxylation is 2. The van der Waals surface area contributed by atoms with Crippen LogP contribution in [0.2, 0.25) is 0 Å². The van der Waals surface area contributed by atoms with Crippen LogP contribution in [-0.2, 0) is 14.6 Å². The minimum absolute atomic E-state index is 0.284. The van der Waals surface area contributed by atoms with Gasteiger partial charge in [-0.25, -0.2) is 8.42 Å². The molecule has 19 heavy (non-hydrogen) atoms. The molecule has 2 heterocycles. The van der Waals surface area contributed by atoms with Crippen LogP contribution >= 0.6 is 11.3 Å². The predicted molar refractivity (Wildman–Crippen MR) is 75.8 cm³/mol. The largest absolute Gasteiger partial charge is 0.381 e. The van der Waals surface area contributed by atoms with Crippen LogP contribution in [0.1, 0.15) is 33.0 Å². The predicted octanol–water partition coefficient (Wildman–Crippen LogP) is 2.14. The highest BCUT2D eigenvalue weighted by molar-refractivity contribution is 7.92. The van der Waals surface area contributed by atoms with E-state index in [-0.39, 0.29) is 11.5 Å². The molecule has 2 rings (SSSR count). The lowest BCUT2D eigenvalue weighted by Crippen LogP contribution is -2.33. The lowest BCUT2D eigenvalue weighted by atomic mass is 10.2. The van der Waals surface area contributed by atoms with E-state index in [1.807, 2.05) is 13.8 Å². The molecule has 4 nitrogen and oxygen atoms in total. The molecular weight excluding hydrogens is 284 g/mol. The first kappa shape index (κ1) is 14.7. The summed E-state index contributed by atoms with van der Waals surface area (Å²) in [6.45, 7) is 4.71. The Hall–Kier alpha value is -0.720. The van der Waals surface area contributed by atoms with E-state index in [9.17, 15) is 13.2 Å². The lowest BCUT2D eigenvalue weighted by Gasteiger charge is -2.21. The van der Waals surface area contributed by atoms with Gasteiger partial charge < -0.3 is 4.74 Å². The van der Waals surface area contributed by atoms with E-state index >= 15 is 0 Å². The molecule has 0 atom stereocenters. The van der Waals surface area contributed by atoms with E-state index in [0.29, 0.717) is 31.6 Å². The molecule has 0 unspecified atom stereocenters. The maximum absolute atomic E-state index is 12.2. The van der Waals surface area contributed by atoms with Gasteiger partial charge in [-0.05, 0) is 32.8 Å². The van der Waals surface area contributed by atoms with Crippen molar-refractivity contribution in [1.29, 1.82) is 0 Å². The van der Waals surface area contributed by atoms with Gasteiger partial charge in [0.25, 0.3) is 0 Å². The molecule has 0 aliphatic carbocycles. The molecule has 1 fully saturated rings. The average Bonchev–Trinajstić information content (AvgIpc) is 2.69. The van der Waals surface area contributed by atoms with Crippen molar-refractivity contribution in [2.24, 2.45) is 0 Å². The Labute approximate surface area is 117 Å². The number of carbonyl (C=O) groups excluding carboxylic acids is 1. The average molecular weight is 302 g/mol. The normalized spacial score (nSPS) is 17.6. The third-order valence-corrected chi connectivity index (χ3v) is 6.47. The summed E-state index contributed by atoms with van der Waals surface area (Å²) in [5.74, 6) is -0.664. The molecule has 0 aromatic carbocycles. The number of ketones is 1. The molecule has 1 aliphatic rings. The van der Waals surface area contributed by atoms with Gasteiger partial charge >= 0.3 is 0 Å². The second-order valence-corrected chi connectivity index (χ2v) is 8.61. The fraction of sp³-hybridized carbons (Fsp3) is 0.615. The molecule has 0 spiro atoms. The maximum Gasteiger partial charge on any atom is 0.178 e. The van der Waals surface area contributed by atoms with Gasteiger partial charge in [0.1, 0.15) is 5.75 Å². The molecule has 1 saturated heterocycles. The molecule has 1 aromatic heterocycles. The molecule has 1 aromatic rings. The van der Waals surface area contributed by atoms with Gasteiger partial charge in [-0.1, -0.05) is 0 Å². The zero-order chi connectivity index (χ0) is 14.0. The van der Waals surface area contributed by atoms with Crippen LogP contribution in [0.5, 0.6) is 0 Å². The highest BCUT2D eigenvalue weighted by Gasteiger charge is 2.30. The van der Waals surface area contributed by atoms with Gasteiger partial charge in [-0.15, -0.1) is 11.3 Å². The Kier molecular flexibility index (Phi) is 4.43. The summed E-state index contributed by atoms with van der Waals surface area (Å²) in [4.78, 5) is 14.1. The van der Waals surface area contributed by atoms with E-state index in [2.05, 4.69) is 0 Å². The lowest BCUT2D eigenvalue weighted by molar-refractivity contribution is 0.0971. The number of carbonyl (C=O) groups is 1. The van der Waals surface area contributed by atoms with E-state index in [0.717, 1.165) is 9.75 Å². The molecule has 106 valence electrons. The highest BCUT2D eigenvalue weighted by Crippen LogP contribution is 2.23. The van der Waals surface area contributed by atoms with Crippen molar-refractivity contribution in [3.8, 4) is 0 Å². The quantitative estimate of drug-likeness (QED) is 0.800. The van der Waals surface area contributed by atoms with Crippen LogP contribution < -0.4 is 0 Å². The number of thiophene rings is 1. The van der Waals surface area contributed by atoms with Crippen LogP contribution in [0.25, 0.3) is 0 Å². The Balaban J connectivity index is 2.11. The summed E-state index contributed by atoms with van der Waals surface area (Å²) in [6, 6.07) is 1.78. The van der Waals surface area contributed by atoms with Crippen LogP contribution in [0, 0.1) is 13.8 Å². The smallest absolute Gasteiger partial charge is 0.178 e. The van der Waals surface area contributed by atoms with Gasteiger partial charge in [0.2, 0.25) is 0 Å². The number of hydrogen-bond donors (Lipinski definition) is 0. The van der Waals surface area contributed by atoms with E-state index in [4.69, 9.17) is 4.74 Å². The maximum atomic E-state index is 12.2. The van der Waals surface area contributed by atoms with Crippen molar-refractivity contribution >= 4 is 27.0 Å². The minimum atomic E-state index is -3.36.